The van der Waals surface area contributed by atoms with Crippen LogP contribution in [0.1, 0.15) is 10.4 Å². The van der Waals surface area contributed by atoms with Crippen LogP contribution in [-0.2, 0) is 19.8 Å². The van der Waals surface area contributed by atoms with Crippen LogP contribution in [0.5, 0.6) is 5.75 Å². The summed E-state index contributed by atoms with van der Waals surface area (Å²) in [4.78, 5) is 23.5. The van der Waals surface area contributed by atoms with Crippen molar-refractivity contribution in [3.63, 3.8) is 0 Å². The van der Waals surface area contributed by atoms with E-state index in [1.54, 1.807) is 77.8 Å². The second kappa shape index (κ2) is 15.8. The molecule has 0 unspecified atom stereocenters. The van der Waals surface area contributed by atoms with Crippen LogP contribution in [0.3, 0.4) is 0 Å². The average molecular weight is 727 g/mol. The van der Waals surface area contributed by atoms with Gasteiger partial charge in [0.25, 0.3) is 0 Å². The molecule has 0 amide bonds. The number of hydrogen-bond acceptors (Lipinski definition) is 7. The van der Waals surface area contributed by atoms with Gasteiger partial charge in [-0.2, -0.15) is 10.2 Å². The molecule has 201 valence electrons. The van der Waals surface area contributed by atoms with Gasteiger partial charge in [0.15, 0.2) is 11.6 Å². The standard InChI is InChI=1S/C13H9ClNO2.2C8H7N3.Os/c1-17-11-5-6-15-12(8-11)9-3-2-4-10(7-9)13(14)16;2*1-2-5-9-8(4-1)11-7-3-6-10-11;/h2,4-8H,1H3;2*1-7H;/q-1;;;+1. The SMILES string of the molecule is COc1ccnc(-c2[c-]ccc(C(=O)Cl)c2)c1.[Os+].c1ccc(-n2cccn2)nc1.c1ccc(-n2cccn2)nc1. The summed E-state index contributed by atoms with van der Waals surface area (Å²) in [5, 5.41) is 7.58. The van der Waals surface area contributed by atoms with E-state index in [0.29, 0.717) is 22.6 Å². The third kappa shape index (κ3) is 8.77. The van der Waals surface area contributed by atoms with Crippen LogP contribution < -0.4 is 4.74 Å². The molecule has 6 rings (SSSR count). The fourth-order valence-electron chi connectivity index (χ4n) is 3.21. The van der Waals surface area contributed by atoms with E-state index in [2.05, 4.69) is 31.2 Å². The summed E-state index contributed by atoms with van der Waals surface area (Å²) in [6.45, 7) is 0. The molecule has 40 heavy (non-hydrogen) atoms. The van der Waals surface area contributed by atoms with Gasteiger partial charge in [0, 0.05) is 43.4 Å². The molecule has 0 atom stereocenters. The summed E-state index contributed by atoms with van der Waals surface area (Å²) < 4.78 is 8.55. The fourth-order valence-corrected chi connectivity index (χ4v) is 3.33. The van der Waals surface area contributed by atoms with Gasteiger partial charge in [0.2, 0.25) is 5.24 Å². The van der Waals surface area contributed by atoms with Crippen LogP contribution in [-0.4, -0.2) is 46.9 Å². The number of carbonyl (C=O) groups excluding carboxylic acids is 1. The van der Waals surface area contributed by atoms with E-state index in [-0.39, 0.29) is 19.8 Å². The third-order valence-corrected chi connectivity index (χ3v) is 5.27. The van der Waals surface area contributed by atoms with Crippen molar-refractivity contribution >= 4 is 16.8 Å². The van der Waals surface area contributed by atoms with Gasteiger partial charge in [-0.05, 0) is 71.4 Å². The summed E-state index contributed by atoms with van der Waals surface area (Å²) in [6, 6.07) is 26.6. The Morgan fingerprint density at radius 1 is 0.775 bits per heavy atom. The first-order valence-electron chi connectivity index (χ1n) is 11.7. The Balaban J connectivity index is 0.000000169. The molecule has 0 aliphatic heterocycles. The van der Waals surface area contributed by atoms with E-state index < -0.39 is 5.24 Å². The number of ether oxygens (including phenoxy) is 1. The molecule has 0 fully saturated rings. The molecule has 5 heterocycles. The zero-order chi connectivity index (χ0) is 27.3. The van der Waals surface area contributed by atoms with Crippen LogP contribution in [0.4, 0.5) is 0 Å². The minimum absolute atomic E-state index is 0. The van der Waals surface area contributed by atoms with E-state index in [9.17, 15) is 4.79 Å². The predicted octanol–water partition coefficient (Wildman–Crippen LogP) is 5.47. The number of carbonyl (C=O) groups is 1. The topological polar surface area (TPSA) is 101 Å². The van der Waals surface area contributed by atoms with Gasteiger partial charge in [0.05, 0.1) is 7.11 Å². The molecule has 5 aromatic heterocycles. The van der Waals surface area contributed by atoms with E-state index in [1.807, 2.05) is 60.9 Å². The maximum Gasteiger partial charge on any atom is 1.00 e. The largest absolute Gasteiger partial charge is 1.00 e. The number of hydrogen-bond donors (Lipinski definition) is 0. The van der Waals surface area contributed by atoms with E-state index in [0.717, 1.165) is 11.6 Å². The van der Waals surface area contributed by atoms with Crippen LogP contribution in [0.15, 0.2) is 122 Å². The van der Waals surface area contributed by atoms with Crippen molar-refractivity contribution in [1.82, 2.24) is 34.5 Å². The monoisotopic (exact) mass is 728 g/mol. The van der Waals surface area contributed by atoms with Crippen LogP contribution in [0.2, 0.25) is 0 Å². The fraction of sp³-hybridized carbons (Fsp3) is 0.0345. The number of methoxy groups -OCH3 is 1. The molecular weight excluding hydrogens is 704 g/mol. The molecule has 6 aromatic rings. The number of nitrogens with zero attached hydrogens (tertiary/aromatic N) is 7. The van der Waals surface area contributed by atoms with Crippen molar-refractivity contribution in [1.29, 1.82) is 0 Å². The quantitative estimate of drug-likeness (QED) is 0.172. The number of aromatic nitrogens is 7. The molecule has 0 spiro atoms. The summed E-state index contributed by atoms with van der Waals surface area (Å²) in [7, 11) is 1.58. The Kier molecular flexibility index (Phi) is 11.9. The van der Waals surface area contributed by atoms with Crippen molar-refractivity contribution in [2.24, 2.45) is 0 Å². The molecule has 1 radical (unpaired) electrons. The van der Waals surface area contributed by atoms with Gasteiger partial charge in [-0.25, -0.2) is 19.3 Å². The first kappa shape index (κ1) is 30.0. The van der Waals surface area contributed by atoms with Crippen molar-refractivity contribution in [3.05, 3.63) is 134 Å². The zero-order valence-electron chi connectivity index (χ0n) is 21.2. The Hall–Kier alpha value is -4.51. The van der Waals surface area contributed by atoms with Crippen LogP contribution in [0, 0.1) is 6.07 Å². The van der Waals surface area contributed by atoms with Gasteiger partial charge >= 0.3 is 19.8 Å². The van der Waals surface area contributed by atoms with Crippen molar-refractivity contribution in [2.75, 3.05) is 7.11 Å². The molecule has 0 bridgehead atoms. The zero-order valence-corrected chi connectivity index (χ0v) is 24.5. The van der Waals surface area contributed by atoms with Crippen LogP contribution in [0.25, 0.3) is 22.9 Å². The average Bonchev–Trinajstić information content (AvgIpc) is 3.75. The Morgan fingerprint density at radius 2 is 1.40 bits per heavy atom. The summed E-state index contributed by atoms with van der Waals surface area (Å²) in [5.41, 5.74) is 1.81. The first-order valence-corrected chi connectivity index (χ1v) is 12.1. The Bertz CT molecular complexity index is 1500. The normalized spacial score (nSPS) is 9.65. The van der Waals surface area contributed by atoms with E-state index in [1.165, 1.54) is 0 Å². The third-order valence-electron chi connectivity index (χ3n) is 5.05. The predicted molar refractivity (Wildman–Crippen MR) is 148 cm³/mol. The minimum atomic E-state index is -0.497. The number of rotatable bonds is 5. The van der Waals surface area contributed by atoms with Gasteiger partial charge in [-0.3, -0.25) is 4.79 Å². The second-order valence-corrected chi connectivity index (χ2v) is 7.97. The van der Waals surface area contributed by atoms with Crippen molar-refractivity contribution in [3.8, 4) is 28.6 Å². The van der Waals surface area contributed by atoms with Crippen molar-refractivity contribution < 1.29 is 29.3 Å². The second-order valence-electron chi connectivity index (χ2n) is 7.62. The number of benzene rings is 1. The van der Waals surface area contributed by atoms with Gasteiger partial charge in [-0.1, -0.05) is 12.1 Å². The molecule has 11 heteroatoms. The Labute approximate surface area is 249 Å². The molecule has 0 saturated heterocycles. The van der Waals surface area contributed by atoms with Crippen LogP contribution >= 0.6 is 11.6 Å². The molecule has 0 aliphatic rings. The summed E-state index contributed by atoms with van der Waals surface area (Å²) in [5.74, 6) is 2.39. The molecule has 0 N–H and O–H groups in total. The summed E-state index contributed by atoms with van der Waals surface area (Å²) >= 11 is 5.42. The smallest absolute Gasteiger partial charge is 0.497 e. The molecule has 1 aromatic carbocycles. The molecule has 0 saturated carbocycles. The Morgan fingerprint density at radius 3 is 1.88 bits per heavy atom. The molecular formula is C29H23ClN7O2Os. The van der Waals surface area contributed by atoms with E-state index in [4.69, 9.17) is 16.3 Å². The van der Waals surface area contributed by atoms with Gasteiger partial charge in [0.1, 0.15) is 5.75 Å². The maximum absolute atomic E-state index is 11.1. The first-order chi connectivity index (χ1) is 19.1. The number of halogens is 1. The maximum atomic E-state index is 11.1. The minimum Gasteiger partial charge on any atom is -0.497 e. The van der Waals surface area contributed by atoms with E-state index >= 15 is 0 Å². The van der Waals surface area contributed by atoms with Gasteiger partial charge < -0.3 is 9.72 Å². The number of pyridine rings is 3. The van der Waals surface area contributed by atoms with Crippen molar-refractivity contribution in [2.45, 2.75) is 0 Å². The summed E-state index contributed by atoms with van der Waals surface area (Å²) in [6.07, 6.45) is 12.3. The molecule has 0 aliphatic carbocycles. The molecule has 9 nitrogen and oxygen atoms in total. The van der Waals surface area contributed by atoms with Gasteiger partial charge in [-0.15, -0.1) is 29.8 Å².